The van der Waals surface area contributed by atoms with Gasteiger partial charge in [0, 0.05) is 30.3 Å². The van der Waals surface area contributed by atoms with Crippen LogP contribution in [0, 0.1) is 5.92 Å². The van der Waals surface area contributed by atoms with E-state index in [2.05, 4.69) is 0 Å². The number of carboxylic acids is 1. The van der Waals surface area contributed by atoms with Crippen molar-refractivity contribution in [3.05, 3.63) is 77.6 Å². The monoisotopic (exact) mass is 501 g/mol. The van der Waals surface area contributed by atoms with Gasteiger partial charge in [-0.1, -0.05) is 38.1 Å². The number of carbonyl (C=O) groups excluding carboxylic acids is 2. The van der Waals surface area contributed by atoms with Gasteiger partial charge in [-0.2, -0.15) is 13.2 Å². The molecule has 3 aromatic rings. The largest absolute Gasteiger partial charge is 0.486 e. The van der Waals surface area contributed by atoms with Crippen molar-refractivity contribution in [2.75, 3.05) is 6.61 Å². The number of aliphatic carboxylic acids is 1. The molecule has 0 atom stereocenters. The first-order valence-electron chi connectivity index (χ1n) is 11.3. The number of alkyl halides is 3. The van der Waals surface area contributed by atoms with Crippen LogP contribution in [0.2, 0.25) is 0 Å². The highest BCUT2D eigenvalue weighted by Gasteiger charge is 2.30. The molecular weight excluding hydrogens is 475 g/mol. The number of halogens is 3. The Balaban J connectivity index is 1.60. The lowest BCUT2D eigenvalue weighted by atomic mass is 9.98. The zero-order valence-electron chi connectivity index (χ0n) is 19.8. The van der Waals surface area contributed by atoms with Crippen molar-refractivity contribution in [3.8, 4) is 16.9 Å². The number of Topliss-reactive ketones (excluding diaryl/α,β-unsaturated/α-hetero) is 2. The molecule has 9 heteroatoms. The van der Waals surface area contributed by atoms with Crippen LogP contribution in [-0.2, 0) is 28.7 Å². The van der Waals surface area contributed by atoms with Gasteiger partial charge in [-0.3, -0.25) is 14.4 Å². The first-order chi connectivity index (χ1) is 16.9. The van der Waals surface area contributed by atoms with Gasteiger partial charge < -0.3 is 14.4 Å². The van der Waals surface area contributed by atoms with Gasteiger partial charge in [0.2, 0.25) is 0 Å². The molecule has 0 aliphatic rings. The molecular formula is C27H26F3NO5. The molecule has 0 spiro atoms. The molecule has 0 fully saturated rings. The molecule has 190 valence electrons. The lowest BCUT2D eigenvalue weighted by Crippen LogP contribution is -2.17. The number of aryl methyl sites for hydroxylation is 1. The minimum atomic E-state index is -4.39. The van der Waals surface area contributed by atoms with Crippen LogP contribution in [0.15, 0.2) is 60.9 Å². The van der Waals surface area contributed by atoms with Crippen LogP contribution >= 0.6 is 0 Å². The van der Waals surface area contributed by atoms with Crippen LogP contribution in [-0.4, -0.2) is 33.8 Å². The highest BCUT2D eigenvalue weighted by atomic mass is 19.4. The Morgan fingerprint density at radius 1 is 0.944 bits per heavy atom. The quantitative estimate of drug-likeness (QED) is 0.342. The smallest absolute Gasteiger partial charge is 0.416 e. The van der Waals surface area contributed by atoms with Gasteiger partial charge in [-0.05, 0) is 47.4 Å². The maximum absolute atomic E-state index is 12.7. The lowest BCUT2D eigenvalue weighted by molar-refractivity contribution is -0.138. The molecule has 0 unspecified atom stereocenters. The number of ether oxygens (including phenoxy) is 1. The van der Waals surface area contributed by atoms with E-state index < -0.39 is 17.7 Å². The maximum atomic E-state index is 12.7. The third-order valence-corrected chi connectivity index (χ3v) is 5.52. The molecule has 0 aliphatic heterocycles. The van der Waals surface area contributed by atoms with Gasteiger partial charge in [0.05, 0.1) is 12.1 Å². The topological polar surface area (TPSA) is 85.6 Å². The number of ketones is 2. The predicted molar refractivity (Wildman–Crippen MR) is 127 cm³/mol. The van der Waals surface area contributed by atoms with Crippen molar-refractivity contribution in [1.82, 2.24) is 4.57 Å². The van der Waals surface area contributed by atoms with Gasteiger partial charge in [0.25, 0.3) is 0 Å². The summed E-state index contributed by atoms with van der Waals surface area (Å²) in [6.07, 6.45) is -1.14. The van der Waals surface area contributed by atoms with E-state index >= 15 is 0 Å². The fourth-order valence-corrected chi connectivity index (χ4v) is 3.63. The second-order valence-corrected chi connectivity index (χ2v) is 8.71. The Bertz CT molecular complexity index is 1230. The number of nitrogens with zero attached hydrogens (tertiary/aromatic N) is 1. The van der Waals surface area contributed by atoms with Crippen LogP contribution in [0.5, 0.6) is 5.75 Å². The van der Waals surface area contributed by atoms with E-state index in [9.17, 15) is 27.6 Å². The van der Waals surface area contributed by atoms with E-state index in [1.165, 1.54) is 12.1 Å². The molecule has 0 aliphatic carbocycles. The number of rotatable bonds is 11. The van der Waals surface area contributed by atoms with Crippen molar-refractivity contribution in [3.63, 3.8) is 0 Å². The molecule has 2 aromatic carbocycles. The number of carboxylic acid groups (broad SMARTS) is 1. The van der Waals surface area contributed by atoms with Gasteiger partial charge in [0.15, 0.2) is 11.6 Å². The van der Waals surface area contributed by atoms with Crippen molar-refractivity contribution in [1.29, 1.82) is 0 Å². The second kappa shape index (κ2) is 11.2. The van der Waals surface area contributed by atoms with E-state index in [0.717, 1.165) is 12.1 Å². The summed E-state index contributed by atoms with van der Waals surface area (Å²) in [4.78, 5) is 35.9. The van der Waals surface area contributed by atoms with E-state index in [4.69, 9.17) is 9.84 Å². The zero-order chi connectivity index (χ0) is 26.5. The van der Waals surface area contributed by atoms with Gasteiger partial charge in [-0.15, -0.1) is 0 Å². The standard InChI is InChI=1S/C27H26F3NO5/c1-17(2)26(35)24-15-31(13-20(24)7-12-25(33)34)14-22(32)16-36-23-10-5-19(6-11-23)18-3-8-21(9-4-18)27(28,29)30/h3-6,8-11,13,15,17H,7,12,14,16H2,1-2H3,(H,33,34). The highest BCUT2D eigenvalue weighted by Crippen LogP contribution is 2.31. The summed E-state index contributed by atoms with van der Waals surface area (Å²) in [6.45, 7) is 3.23. The first kappa shape index (κ1) is 26.7. The molecule has 1 N–H and O–H groups in total. The molecule has 0 saturated heterocycles. The third kappa shape index (κ3) is 7.07. The second-order valence-electron chi connectivity index (χ2n) is 8.71. The Hall–Kier alpha value is -3.88. The average Bonchev–Trinajstić information content (AvgIpc) is 3.23. The number of benzene rings is 2. The van der Waals surface area contributed by atoms with E-state index in [-0.39, 0.29) is 43.5 Å². The molecule has 1 heterocycles. The summed E-state index contributed by atoms with van der Waals surface area (Å²) in [6, 6.07) is 11.4. The summed E-state index contributed by atoms with van der Waals surface area (Å²) in [5.41, 5.74) is 1.60. The summed E-state index contributed by atoms with van der Waals surface area (Å²) in [5.74, 6) is -1.20. The van der Waals surface area contributed by atoms with Gasteiger partial charge in [0.1, 0.15) is 12.4 Å². The van der Waals surface area contributed by atoms with E-state index in [1.807, 2.05) is 0 Å². The van der Waals surface area contributed by atoms with Crippen molar-refractivity contribution in [2.24, 2.45) is 5.92 Å². The predicted octanol–water partition coefficient (Wildman–Crippen LogP) is 5.68. The fraction of sp³-hybridized carbons (Fsp3) is 0.296. The van der Waals surface area contributed by atoms with Crippen LogP contribution in [0.25, 0.3) is 11.1 Å². The number of carbonyl (C=O) groups is 3. The number of aromatic nitrogens is 1. The average molecular weight is 502 g/mol. The molecule has 36 heavy (non-hydrogen) atoms. The minimum Gasteiger partial charge on any atom is -0.486 e. The molecule has 0 amide bonds. The van der Waals surface area contributed by atoms with Crippen LogP contribution in [0.3, 0.4) is 0 Å². The molecule has 6 nitrogen and oxygen atoms in total. The molecule has 1 aromatic heterocycles. The van der Waals surface area contributed by atoms with Crippen LogP contribution in [0.4, 0.5) is 13.2 Å². The highest BCUT2D eigenvalue weighted by molar-refractivity contribution is 5.99. The Morgan fingerprint density at radius 2 is 1.53 bits per heavy atom. The van der Waals surface area contributed by atoms with Gasteiger partial charge in [-0.25, -0.2) is 0 Å². The zero-order valence-corrected chi connectivity index (χ0v) is 19.8. The maximum Gasteiger partial charge on any atom is 0.416 e. The Kier molecular flexibility index (Phi) is 8.34. The van der Waals surface area contributed by atoms with Crippen molar-refractivity contribution >= 4 is 17.5 Å². The minimum absolute atomic E-state index is 0.0465. The van der Waals surface area contributed by atoms with Gasteiger partial charge >= 0.3 is 12.1 Å². The Morgan fingerprint density at radius 3 is 2.06 bits per heavy atom. The SMILES string of the molecule is CC(C)C(=O)c1cn(CC(=O)COc2ccc(-c3ccc(C(F)(F)F)cc3)cc2)cc1CCC(=O)O. The van der Waals surface area contributed by atoms with Crippen LogP contribution < -0.4 is 4.74 Å². The molecule has 3 rings (SSSR count). The van der Waals surface area contributed by atoms with E-state index in [1.54, 1.807) is 55.1 Å². The van der Waals surface area contributed by atoms with Crippen molar-refractivity contribution in [2.45, 2.75) is 39.4 Å². The summed E-state index contributed by atoms with van der Waals surface area (Å²) in [5, 5.41) is 8.96. The normalized spacial score (nSPS) is 11.5. The molecule has 0 bridgehead atoms. The lowest BCUT2D eigenvalue weighted by Gasteiger charge is -2.09. The summed E-state index contributed by atoms with van der Waals surface area (Å²) in [7, 11) is 0. The number of hydrogen-bond donors (Lipinski definition) is 1. The summed E-state index contributed by atoms with van der Waals surface area (Å²) >= 11 is 0. The van der Waals surface area contributed by atoms with Crippen LogP contribution in [0.1, 0.15) is 41.8 Å². The fourth-order valence-electron chi connectivity index (χ4n) is 3.63. The summed E-state index contributed by atoms with van der Waals surface area (Å²) < 4.78 is 45.3. The van der Waals surface area contributed by atoms with E-state index in [0.29, 0.717) is 28.0 Å². The molecule has 0 radical (unpaired) electrons. The van der Waals surface area contributed by atoms with Crippen molar-refractivity contribution < 1.29 is 37.4 Å². The molecule has 0 saturated carbocycles. The first-order valence-corrected chi connectivity index (χ1v) is 11.3. The third-order valence-electron chi connectivity index (χ3n) is 5.52. The Labute approximate surface area is 206 Å². The number of hydrogen-bond acceptors (Lipinski definition) is 4.